The van der Waals surface area contributed by atoms with E-state index in [4.69, 9.17) is 9.25 Å². The fourth-order valence-electron chi connectivity index (χ4n) is 7.18. The van der Waals surface area contributed by atoms with Gasteiger partial charge in [0.05, 0.1) is 28.2 Å². The summed E-state index contributed by atoms with van der Waals surface area (Å²) in [5.74, 6) is -10.8. The minimum Gasteiger partial charge on any atom is -0.492 e. The van der Waals surface area contributed by atoms with Crippen molar-refractivity contribution in [2.45, 2.75) is 81.6 Å². The van der Waals surface area contributed by atoms with Crippen LogP contribution in [0.25, 0.3) is 17.2 Å². The molecule has 0 radical (unpaired) electrons. The molecule has 1 aliphatic rings. The third-order valence-corrected chi connectivity index (χ3v) is 12.5. The third kappa shape index (κ3) is 11.1. The molecule has 1 unspecified atom stereocenters. The fraction of sp³-hybridized carbons (Fsp3) is 0.405. The standard InChI is InChI=1S/C37H41F4N3O14S3/c1-37(17-4-7-20-59(48,49)50)26(43(19-6-8-21-60(51,52)53)36-31(37)32(38)33(39)34(40)35(36)41)10-9-11-29-42(24-14-13-23(61(54,55)56)22-25(24)57-29)18-5-2-3-12-30(47)58-44-27(45)15-16-28(44)46/h9-11,13-16,22H,2-8,12,17-21H2,1H3,(H4-,45,46,48,49,50,51,52,53,54,55,56)/p+1. The van der Waals surface area contributed by atoms with E-state index in [0.29, 0.717) is 29.5 Å². The number of carbonyl (C=O) groups is 1. The number of aryl methyl sites for hydroxylation is 1. The zero-order valence-electron chi connectivity index (χ0n) is 32.3. The summed E-state index contributed by atoms with van der Waals surface area (Å²) >= 11 is 0. The first-order chi connectivity index (χ1) is 28.4. The highest BCUT2D eigenvalue weighted by atomic mass is 32.2. The van der Waals surface area contributed by atoms with Crippen molar-refractivity contribution < 1.29 is 85.3 Å². The maximum absolute atomic E-state index is 15.8. The van der Waals surface area contributed by atoms with Crippen LogP contribution in [0.4, 0.5) is 23.2 Å². The summed E-state index contributed by atoms with van der Waals surface area (Å²) in [4.78, 5) is 17.9. The predicted octanol–water partition coefficient (Wildman–Crippen LogP) is 5.35. The smallest absolute Gasteiger partial charge is 0.374 e. The first kappa shape index (κ1) is 47.0. The molecule has 3 heterocycles. The van der Waals surface area contributed by atoms with Gasteiger partial charge in [-0.3, -0.25) is 13.7 Å². The van der Waals surface area contributed by atoms with Crippen LogP contribution in [0.2, 0.25) is 0 Å². The average Bonchev–Trinajstić information content (AvgIpc) is 3.76. The first-order valence-electron chi connectivity index (χ1n) is 18.6. The molecule has 0 amide bonds. The number of unbranched alkanes of at least 4 members (excludes halogenated alkanes) is 4. The lowest BCUT2D eigenvalue weighted by Crippen LogP contribution is -2.35. The molecule has 17 nitrogen and oxygen atoms in total. The number of rotatable bonds is 20. The van der Waals surface area contributed by atoms with Crippen molar-refractivity contribution in [2.24, 2.45) is 0 Å². The number of anilines is 1. The van der Waals surface area contributed by atoms with Crippen LogP contribution in [0.3, 0.4) is 0 Å². The number of fused-ring (bicyclic) bond motifs is 2. The van der Waals surface area contributed by atoms with Crippen LogP contribution in [0.15, 0.2) is 57.5 Å². The molecule has 2 aromatic carbocycles. The van der Waals surface area contributed by atoms with Crippen LogP contribution in [0.1, 0.15) is 76.2 Å². The average molecular weight is 925 g/mol. The molecule has 0 saturated heterocycles. The van der Waals surface area contributed by atoms with E-state index < -0.39 is 104 Å². The Morgan fingerprint density at radius 3 is 2.07 bits per heavy atom. The topological polar surface area (TPSA) is 255 Å². The lowest BCUT2D eigenvalue weighted by molar-refractivity contribution is -0.678. The Labute approximate surface area is 347 Å². The summed E-state index contributed by atoms with van der Waals surface area (Å²) in [6.45, 7) is 1.28. The van der Waals surface area contributed by atoms with Gasteiger partial charge in [-0.2, -0.15) is 29.8 Å². The third-order valence-electron chi connectivity index (χ3n) is 10.0. The second-order valence-corrected chi connectivity index (χ2v) is 19.0. The summed E-state index contributed by atoms with van der Waals surface area (Å²) in [5.41, 5.74) is -2.61. The van der Waals surface area contributed by atoms with Gasteiger partial charge in [0.1, 0.15) is 0 Å². The lowest BCUT2D eigenvalue weighted by atomic mass is 9.76. The summed E-state index contributed by atoms with van der Waals surface area (Å²) < 4.78 is 167. The van der Waals surface area contributed by atoms with Crippen molar-refractivity contribution in [3.63, 3.8) is 0 Å². The second-order valence-electron chi connectivity index (χ2n) is 14.4. The monoisotopic (exact) mass is 924 g/mol. The van der Waals surface area contributed by atoms with E-state index in [0.717, 1.165) is 29.2 Å². The number of halogens is 4. The number of hydrogen-bond donors (Lipinski definition) is 5. The predicted molar refractivity (Wildman–Crippen MR) is 208 cm³/mol. The van der Waals surface area contributed by atoms with Crippen molar-refractivity contribution in [3.05, 3.63) is 82.9 Å². The highest BCUT2D eigenvalue weighted by molar-refractivity contribution is 7.86. The van der Waals surface area contributed by atoms with E-state index in [1.807, 2.05) is 0 Å². The molecule has 0 saturated carbocycles. The number of hydrogen-bond acceptors (Lipinski definition) is 12. The van der Waals surface area contributed by atoms with Gasteiger partial charge < -0.3 is 24.4 Å². The Morgan fingerprint density at radius 2 is 1.44 bits per heavy atom. The molecule has 5 N–H and O–H groups in total. The Kier molecular flexibility index (Phi) is 14.3. The number of oxazole rings is 1. The summed E-state index contributed by atoms with van der Waals surface area (Å²) in [6, 6.07) is 5.80. The van der Waals surface area contributed by atoms with E-state index >= 15 is 8.78 Å². The Hall–Kier alpha value is -5.01. The Bertz CT molecular complexity index is 2700. The van der Waals surface area contributed by atoms with Gasteiger partial charge in [-0.15, -0.1) is 4.73 Å². The molecule has 1 aliphatic heterocycles. The van der Waals surface area contributed by atoms with Crippen LogP contribution >= 0.6 is 0 Å². The molecule has 61 heavy (non-hydrogen) atoms. The largest absolute Gasteiger partial charge is 0.492 e. The molecular weight excluding hydrogens is 883 g/mol. The normalized spacial score (nSPS) is 16.7. The SMILES string of the molecule is CC1(CCCCS(=O)(=O)O)C(=CC=Cc2oc3cc(S(=O)(=O)O)ccc3[n+]2CCCCCC(=O)On2c(O)ccc2O)N(CCCCS(=O)(=O)O)c2c(F)c(F)c(F)c(F)c21. The van der Waals surface area contributed by atoms with Crippen molar-refractivity contribution in [1.82, 2.24) is 4.73 Å². The maximum atomic E-state index is 15.8. The first-order valence-corrected chi connectivity index (χ1v) is 23.3. The van der Waals surface area contributed by atoms with E-state index in [9.17, 15) is 62.7 Å². The zero-order chi connectivity index (χ0) is 45.1. The summed E-state index contributed by atoms with van der Waals surface area (Å²) in [7, 11) is -13.5. The van der Waals surface area contributed by atoms with E-state index in [-0.39, 0.29) is 68.8 Å². The van der Waals surface area contributed by atoms with Gasteiger partial charge >= 0.3 is 11.9 Å². The van der Waals surface area contributed by atoms with Crippen LogP contribution in [-0.4, -0.2) is 77.9 Å². The van der Waals surface area contributed by atoms with E-state index in [1.54, 1.807) is 4.57 Å². The molecule has 1 atom stereocenters. The molecule has 0 spiro atoms. The second kappa shape index (κ2) is 18.5. The van der Waals surface area contributed by atoms with Gasteiger partial charge in [0, 0.05) is 60.3 Å². The molecule has 0 aliphatic carbocycles. The fourth-order valence-corrected chi connectivity index (χ4v) is 8.82. The van der Waals surface area contributed by atoms with Crippen molar-refractivity contribution >= 4 is 59.2 Å². The minimum absolute atomic E-state index is 0.00449. The molecule has 2 aromatic heterocycles. The minimum atomic E-state index is -4.67. The number of allylic oxidation sites excluding steroid dienone is 3. The van der Waals surface area contributed by atoms with Gasteiger partial charge in [0.2, 0.25) is 17.3 Å². The Morgan fingerprint density at radius 1 is 0.820 bits per heavy atom. The zero-order valence-corrected chi connectivity index (χ0v) is 34.7. The van der Waals surface area contributed by atoms with Crippen molar-refractivity contribution in [2.75, 3.05) is 23.0 Å². The quantitative estimate of drug-likeness (QED) is 0.0187. The van der Waals surface area contributed by atoms with Gasteiger partial charge in [-0.05, 0) is 57.6 Å². The highest BCUT2D eigenvalue weighted by Crippen LogP contribution is 2.54. The molecule has 334 valence electrons. The van der Waals surface area contributed by atoms with Crippen LogP contribution in [-0.2, 0) is 47.1 Å². The summed E-state index contributed by atoms with van der Waals surface area (Å²) in [5, 5.41) is 19.4. The molecule has 0 bridgehead atoms. The van der Waals surface area contributed by atoms with Gasteiger partial charge in [0.25, 0.3) is 35.9 Å². The van der Waals surface area contributed by atoms with Crippen molar-refractivity contribution in [1.29, 1.82) is 0 Å². The highest BCUT2D eigenvalue weighted by Gasteiger charge is 2.49. The molecule has 24 heteroatoms. The summed E-state index contributed by atoms with van der Waals surface area (Å²) in [6.07, 6.45) is 4.37. The number of carbonyl (C=O) groups excluding carboxylic acids is 1. The van der Waals surface area contributed by atoms with Crippen LogP contribution in [0.5, 0.6) is 11.8 Å². The Balaban J connectivity index is 1.51. The van der Waals surface area contributed by atoms with E-state index in [1.165, 1.54) is 31.2 Å². The van der Waals surface area contributed by atoms with Crippen LogP contribution in [0, 0.1) is 23.3 Å². The van der Waals surface area contributed by atoms with Crippen molar-refractivity contribution in [3.8, 4) is 11.8 Å². The van der Waals surface area contributed by atoms with Gasteiger partial charge in [-0.25, -0.2) is 22.4 Å². The van der Waals surface area contributed by atoms with Gasteiger partial charge in [0.15, 0.2) is 29.8 Å². The lowest BCUT2D eigenvalue weighted by Gasteiger charge is -2.30. The molecular formula is C37H42F4N3O14S3+. The number of benzene rings is 2. The number of nitrogens with zero attached hydrogens (tertiary/aromatic N) is 3. The van der Waals surface area contributed by atoms with E-state index in [2.05, 4.69) is 0 Å². The van der Waals surface area contributed by atoms with Crippen LogP contribution < -0.4 is 14.3 Å². The van der Waals surface area contributed by atoms with Gasteiger partial charge in [-0.1, -0.05) is 12.5 Å². The maximum Gasteiger partial charge on any atom is 0.374 e. The molecule has 0 fully saturated rings. The molecule has 4 aromatic rings. The number of aromatic hydroxyl groups is 2. The molecule has 5 rings (SSSR count). The number of aromatic nitrogens is 2.